The highest BCUT2D eigenvalue weighted by Gasteiger charge is 2.20. The van der Waals surface area contributed by atoms with Gasteiger partial charge in [0.1, 0.15) is 5.75 Å². The summed E-state index contributed by atoms with van der Waals surface area (Å²) in [5.41, 5.74) is 0.609. The number of rotatable bonds is 2. The molecule has 0 saturated carbocycles. The van der Waals surface area contributed by atoms with Crippen LogP contribution < -0.4 is 4.74 Å². The summed E-state index contributed by atoms with van der Waals surface area (Å²) in [6.45, 7) is 6.50. The molecule has 1 aromatic rings. The van der Waals surface area contributed by atoms with Gasteiger partial charge in [-0.25, -0.2) is 15.0 Å². The van der Waals surface area contributed by atoms with Crippen molar-refractivity contribution in [1.82, 2.24) is 0 Å². The van der Waals surface area contributed by atoms with Crippen LogP contribution in [0, 0.1) is 6.57 Å². The molecule has 0 amide bonds. The fraction of sp³-hybridized carbons (Fsp3) is 0.100. The molecule has 5 heteroatoms. The summed E-state index contributed by atoms with van der Waals surface area (Å²) in [6.07, 6.45) is 1.52. The fourth-order valence-electron chi connectivity index (χ4n) is 1.35. The van der Waals surface area contributed by atoms with Crippen molar-refractivity contribution in [1.29, 1.82) is 0 Å². The summed E-state index contributed by atoms with van der Waals surface area (Å²) < 4.78 is 27.9. The van der Waals surface area contributed by atoms with Gasteiger partial charge >= 0.3 is 6.73 Å². The van der Waals surface area contributed by atoms with Crippen LogP contribution in [0.1, 0.15) is 5.56 Å². The smallest absolute Gasteiger partial charge is 0.357 e. The van der Waals surface area contributed by atoms with Crippen molar-refractivity contribution in [3.63, 3.8) is 0 Å². The highest BCUT2D eigenvalue weighted by molar-refractivity contribution is 7.94. The summed E-state index contributed by atoms with van der Waals surface area (Å²) in [7, 11) is -3.24. The Morgan fingerprint density at radius 2 is 2.20 bits per heavy atom. The van der Waals surface area contributed by atoms with E-state index in [9.17, 15) is 8.42 Å². The van der Waals surface area contributed by atoms with Gasteiger partial charge in [-0.1, -0.05) is 0 Å². The number of fused-ring (bicyclic) bond motifs is 1. The SMILES string of the molecule is [C-]#[N+]COc1ccc2c(c1)C=CS2(=O)=O. The second-order valence-electron chi connectivity index (χ2n) is 2.98. The van der Waals surface area contributed by atoms with E-state index in [4.69, 9.17) is 11.3 Å². The fourth-order valence-corrected chi connectivity index (χ4v) is 2.53. The van der Waals surface area contributed by atoms with Gasteiger partial charge in [-0.15, -0.1) is 0 Å². The van der Waals surface area contributed by atoms with Gasteiger partial charge in [0, 0.05) is 5.41 Å². The molecule has 0 unspecified atom stereocenters. The van der Waals surface area contributed by atoms with Crippen LogP contribution in [-0.4, -0.2) is 15.1 Å². The van der Waals surface area contributed by atoms with E-state index in [0.717, 1.165) is 5.41 Å². The van der Waals surface area contributed by atoms with Crippen LogP contribution >= 0.6 is 0 Å². The monoisotopic (exact) mass is 221 g/mol. The highest BCUT2D eigenvalue weighted by Crippen LogP contribution is 2.29. The maximum atomic E-state index is 11.4. The minimum Gasteiger partial charge on any atom is -0.426 e. The molecule has 0 saturated heterocycles. The number of nitrogens with zero attached hydrogens (tertiary/aromatic N) is 1. The van der Waals surface area contributed by atoms with Crippen LogP contribution in [0.15, 0.2) is 28.5 Å². The molecule has 76 valence electrons. The van der Waals surface area contributed by atoms with E-state index >= 15 is 0 Å². The van der Waals surface area contributed by atoms with E-state index in [2.05, 4.69) is 4.85 Å². The molecule has 1 heterocycles. The zero-order valence-electron chi connectivity index (χ0n) is 7.67. The second kappa shape index (κ2) is 3.41. The summed E-state index contributed by atoms with van der Waals surface area (Å²) in [6, 6.07) is 4.65. The molecule has 0 atom stereocenters. The average Bonchev–Trinajstić information content (AvgIpc) is 2.52. The predicted octanol–water partition coefficient (Wildman–Crippen LogP) is 1.70. The largest absolute Gasteiger partial charge is 0.426 e. The minimum atomic E-state index is -3.24. The zero-order chi connectivity index (χ0) is 10.9. The van der Waals surface area contributed by atoms with E-state index in [1.54, 1.807) is 12.1 Å². The molecular formula is C10H7NO3S. The molecule has 2 rings (SSSR count). The average molecular weight is 221 g/mol. The Morgan fingerprint density at radius 3 is 2.93 bits per heavy atom. The topological polar surface area (TPSA) is 47.7 Å². The van der Waals surface area contributed by atoms with Gasteiger partial charge in [0.15, 0.2) is 9.84 Å². The van der Waals surface area contributed by atoms with E-state index in [1.165, 1.54) is 12.1 Å². The van der Waals surface area contributed by atoms with Crippen molar-refractivity contribution in [3.05, 3.63) is 40.6 Å². The first-order valence-electron chi connectivity index (χ1n) is 4.17. The first kappa shape index (κ1) is 9.74. The van der Waals surface area contributed by atoms with Crippen molar-refractivity contribution in [2.75, 3.05) is 6.73 Å². The third-order valence-corrected chi connectivity index (χ3v) is 3.49. The maximum absolute atomic E-state index is 11.4. The van der Waals surface area contributed by atoms with Gasteiger partial charge in [0.25, 0.3) is 0 Å². The lowest BCUT2D eigenvalue weighted by molar-refractivity contribution is 0.360. The van der Waals surface area contributed by atoms with Crippen molar-refractivity contribution < 1.29 is 13.2 Å². The van der Waals surface area contributed by atoms with E-state index in [-0.39, 0.29) is 11.6 Å². The molecule has 0 aromatic heterocycles. The molecule has 0 fully saturated rings. The molecule has 1 aromatic carbocycles. The van der Waals surface area contributed by atoms with Crippen LogP contribution in [-0.2, 0) is 9.84 Å². The zero-order valence-corrected chi connectivity index (χ0v) is 8.49. The molecule has 0 N–H and O–H groups in total. The van der Waals surface area contributed by atoms with Crippen LogP contribution in [0.4, 0.5) is 0 Å². The van der Waals surface area contributed by atoms with Crippen LogP contribution in [0.25, 0.3) is 10.9 Å². The van der Waals surface area contributed by atoms with Gasteiger partial charge in [-0.05, 0) is 29.8 Å². The van der Waals surface area contributed by atoms with Crippen molar-refractivity contribution in [2.45, 2.75) is 4.90 Å². The third kappa shape index (κ3) is 1.72. The Morgan fingerprint density at radius 1 is 1.40 bits per heavy atom. The van der Waals surface area contributed by atoms with Crippen LogP contribution in [0.5, 0.6) is 5.75 Å². The van der Waals surface area contributed by atoms with E-state index < -0.39 is 9.84 Å². The Bertz CT molecular complexity index is 567. The van der Waals surface area contributed by atoms with Gasteiger partial charge < -0.3 is 4.74 Å². The number of hydrogen-bond donors (Lipinski definition) is 0. The Hall–Kier alpha value is -1.80. The molecule has 15 heavy (non-hydrogen) atoms. The lowest BCUT2D eigenvalue weighted by Gasteiger charge is -2.02. The maximum Gasteiger partial charge on any atom is 0.357 e. The summed E-state index contributed by atoms with van der Waals surface area (Å²) in [5.74, 6) is 0.506. The van der Waals surface area contributed by atoms with Gasteiger partial charge in [-0.2, -0.15) is 0 Å². The lowest BCUT2D eigenvalue weighted by Crippen LogP contribution is -1.95. The second-order valence-corrected chi connectivity index (χ2v) is 4.78. The summed E-state index contributed by atoms with van der Waals surface area (Å²) in [5, 5.41) is 1.16. The van der Waals surface area contributed by atoms with Gasteiger partial charge in [0.2, 0.25) is 0 Å². The molecule has 0 aliphatic carbocycles. The first-order valence-corrected chi connectivity index (χ1v) is 5.71. The van der Waals surface area contributed by atoms with E-state index in [1.807, 2.05) is 0 Å². The molecule has 0 radical (unpaired) electrons. The molecule has 1 aliphatic rings. The number of sulfone groups is 1. The van der Waals surface area contributed by atoms with Gasteiger partial charge in [-0.3, -0.25) is 4.85 Å². The van der Waals surface area contributed by atoms with E-state index in [0.29, 0.717) is 11.3 Å². The molecule has 4 nitrogen and oxygen atoms in total. The van der Waals surface area contributed by atoms with Gasteiger partial charge in [0.05, 0.1) is 4.90 Å². The van der Waals surface area contributed by atoms with Crippen LogP contribution in [0.2, 0.25) is 0 Å². The normalized spacial score (nSPS) is 15.7. The van der Waals surface area contributed by atoms with Crippen molar-refractivity contribution in [2.24, 2.45) is 0 Å². The number of benzene rings is 1. The number of ether oxygens (including phenoxy) is 1. The quantitative estimate of drug-likeness (QED) is 0.714. The molecular weight excluding hydrogens is 214 g/mol. The lowest BCUT2D eigenvalue weighted by atomic mass is 10.2. The van der Waals surface area contributed by atoms with Crippen molar-refractivity contribution >= 4 is 15.9 Å². The standard InChI is InChI=1S/C10H7NO3S/c1-11-7-14-9-2-3-10-8(6-9)4-5-15(10,12)13/h2-6H,7H2. The third-order valence-electron chi connectivity index (χ3n) is 2.01. The summed E-state index contributed by atoms with van der Waals surface area (Å²) >= 11 is 0. The first-order chi connectivity index (χ1) is 7.13. The molecule has 0 spiro atoms. The highest BCUT2D eigenvalue weighted by atomic mass is 32.2. The number of hydrogen-bond acceptors (Lipinski definition) is 3. The summed E-state index contributed by atoms with van der Waals surface area (Å²) in [4.78, 5) is 3.33. The Kier molecular flexibility index (Phi) is 2.21. The minimum absolute atomic E-state index is 0.0603. The molecule has 1 aliphatic heterocycles. The molecule has 0 bridgehead atoms. The Balaban J connectivity index is 2.39. The Labute approximate surface area is 87.5 Å². The van der Waals surface area contributed by atoms with Crippen LogP contribution in [0.3, 0.4) is 0 Å². The predicted molar refractivity (Wildman–Crippen MR) is 54.8 cm³/mol. The van der Waals surface area contributed by atoms with Crippen molar-refractivity contribution in [3.8, 4) is 5.75 Å².